The van der Waals surface area contributed by atoms with Gasteiger partial charge in [0.2, 0.25) is 9.84 Å². The first-order valence-electron chi connectivity index (χ1n) is 6.77. The third kappa shape index (κ3) is 2.73. The van der Waals surface area contributed by atoms with E-state index in [4.69, 9.17) is 0 Å². The van der Waals surface area contributed by atoms with E-state index in [-0.39, 0.29) is 15.5 Å². The fraction of sp³-hybridized carbons (Fsp3) is 0. The zero-order valence-electron chi connectivity index (χ0n) is 11.7. The summed E-state index contributed by atoms with van der Waals surface area (Å²) in [5.74, 6) is 0.0402. The quantitative estimate of drug-likeness (QED) is 0.798. The predicted molar refractivity (Wildman–Crippen MR) is 85.4 cm³/mol. The second-order valence-corrected chi connectivity index (χ2v) is 6.84. The van der Waals surface area contributed by atoms with Gasteiger partial charge in [0.15, 0.2) is 0 Å². The Kier molecular flexibility index (Phi) is 3.69. The lowest BCUT2D eigenvalue weighted by Crippen LogP contribution is -2.01. The molecule has 0 aliphatic rings. The van der Waals surface area contributed by atoms with Gasteiger partial charge in [-0.3, -0.25) is 0 Å². The van der Waals surface area contributed by atoms with Gasteiger partial charge in [0.25, 0.3) is 0 Å². The van der Waals surface area contributed by atoms with Crippen molar-refractivity contribution < 1.29 is 13.5 Å². The van der Waals surface area contributed by atoms with E-state index in [1.54, 1.807) is 24.3 Å². The molecule has 0 aliphatic heterocycles. The van der Waals surface area contributed by atoms with E-state index in [9.17, 15) is 13.5 Å². The second-order valence-electron chi connectivity index (χ2n) is 4.89. The number of phenols is 1. The Morgan fingerprint density at radius 2 is 1.05 bits per heavy atom. The van der Waals surface area contributed by atoms with Crippen LogP contribution in [-0.4, -0.2) is 13.5 Å². The highest BCUT2D eigenvalue weighted by Crippen LogP contribution is 2.25. The molecule has 0 aromatic heterocycles. The van der Waals surface area contributed by atoms with Crippen LogP contribution in [0.5, 0.6) is 5.75 Å². The maximum absolute atomic E-state index is 12.5. The zero-order valence-corrected chi connectivity index (χ0v) is 12.5. The molecule has 0 heterocycles. The summed E-state index contributed by atoms with van der Waals surface area (Å²) in [6.45, 7) is 0. The van der Waals surface area contributed by atoms with E-state index in [1.807, 2.05) is 30.3 Å². The minimum atomic E-state index is -3.57. The first-order chi connectivity index (χ1) is 10.6. The minimum absolute atomic E-state index is 0.0402. The highest BCUT2D eigenvalue weighted by molar-refractivity contribution is 7.91. The Morgan fingerprint density at radius 1 is 0.591 bits per heavy atom. The van der Waals surface area contributed by atoms with Crippen molar-refractivity contribution in [1.29, 1.82) is 0 Å². The number of aromatic hydroxyl groups is 1. The molecule has 0 spiro atoms. The smallest absolute Gasteiger partial charge is 0.206 e. The zero-order chi connectivity index (χ0) is 15.6. The van der Waals surface area contributed by atoms with Crippen molar-refractivity contribution in [3.8, 4) is 16.9 Å². The molecule has 0 saturated carbocycles. The number of phenolic OH excluding ortho intramolecular Hbond substituents is 1. The third-order valence-corrected chi connectivity index (χ3v) is 5.20. The monoisotopic (exact) mass is 310 g/mol. The molecule has 0 unspecified atom stereocenters. The molecule has 3 nitrogen and oxygen atoms in total. The van der Waals surface area contributed by atoms with Crippen molar-refractivity contribution in [2.75, 3.05) is 0 Å². The van der Waals surface area contributed by atoms with Crippen LogP contribution in [0.25, 0.3) is 11.1 Å². The lowest BCUT2D eigenvalue weighted by molar-refractivity contribution is 0.475. The summed E-state index contributed by atoms with van der Waals surface area (Å²) in [7, 11) is -3.57. The molecule has 4 heteroatoms. The molecular weight excluding hydrogens is 296 g/mol. The molecule has 22 heavy (non-hydrogen) atoms. The number of benzene rings is 3. The molecule has 110 valence electrons. The fourth-order valence-corrected chi connectivity index (χ4v) is 3.48. The van der Waals surface area contributed by atoms with Gasteiger partial charge in [0, 0.05) is 0 Å². The summed E-state index contributed by atoms with van der Waals surface area (Å²) in [4.78, 5) is 0.399. The van der Waals surface area contributed by atoms with Crippen molar-refractivity contribution in [1.82, 2.24) is 0 Å². The highest BCUT2D eigenvalue weighted by atomic mass is 32.2. The van der Waals surface area contributed by atoms with Gasteiger partial charge in [-0.15, -0.1) is 0 Å². The molecule has 0 amide bonds. The van der Waals surface area contributed by atoms with Gasteiger partial charge < -0.3 is 5.11 Å². The number of hydrogen-bond acceptors (Lipinski definition) is 3. The van der Waals surface area contributed by atoms with Crippen LogP contribution in [0.4, 0.5) is 0 Å². The van der Waals surface area contributed by atoms with Crippen LogP contribution >= 0.6 is 0 Å². The van der Waals surface area contributed by atoms with E-state index < -0.39 is 9.84 Å². The molecule has 1 N–H and O–H groups in total. The average molecular weight is 310 g/mol. The van der Waals surface area contributed by atoms with E-state index in [2.05, 4.69) is 0 Å². The molecule has 3 rings (SSSR count). The molecule has 3 aromatic rings. The fourth-order valence-electron chi connectivity index (χ4n) is 2.22. The number of rotatable bonds is 3. The third-order valence-electron chi connectivity index (χ3n) is 3.42. The summed E-state index contributed by atoms with van der Waals surface area (Å²) >= 11 is 0. The molecule has 0 bridgehead atoms. The largest absolute Gasteiger partial charge is 0.508 e. The van der Waals surface area contributed by atoms with E-state index in [0.29, 0.717) is 0 Å². The second kappa shape index (κ2) is 5.66. The number of sulfone groups is 1. The molecule has 0 fully saturated rings. The van der Waals surface area contributed by atoms with Crippen LogP contribution in [0.15, 0.2) is 88.7 Å². The first kappa shape index (κ1) is 14.4. The molecule has 0 aliphatic carbocycles. The molecule has 0 radical (unpaired) electrons. The SMILES string of the molecule is O=S(=O)(c1ccc(O)cc1)c1ccc(-c2ccccc2)cc1. The average Bonchev–Trinajstić information content (AvgIpc) is 2.56. The lowest BCUT2D eigenvalue weighted by atomic mass is 10.1. The number of hydrogen-bond donors (Lipinski definition) is 1. The van der Waals surface area contributed by atoms with Crippen molar-refractivity contribution in [3.05, 3.63) is 78.9 Å². The van der Waals surface area contributed by atoms with Crippen LogP contribution < -0.4 is 0 Å². The van der Waals surface area contributed by atoms with Gasteiger partial charge in [-0.05, 0) is 47.5 Å². The topological polar surface area (TPSA) is 54.4 Å². The normalized spacial score (nSPS) is 11.3. The van der Waals surface area contributed by atoms with Crippen molar-refractivity contribution in [3.63, 3.8) is 0 Å². The predicted octanol–water partition coefficient (Wildman–Crippen LogP) is 3.89. The van der Waals surface area contributed by atoms with Crippen LogP contribution in [0.1, 0.15) is 0 Å². The molecule has 3 aromatic carbocycles. The summed E-state index contributed by atoms with van der Waals surface area (Å²) in [5.41, 5.74) is 2.00. The summed E-state index contributed by atoms with van der Waals surface area (Å²) < 4.78 is 25.0. The van der Waals surface area contributed by atoms with Gasteiger partial charge in [-0.2, -0.15) is 0 Å². The summed E-state index contributed by atoms with van der Waals surface area (Å²) in [6.07, 6.45) is 0. The maximum atomic E-state index is 12.5. The van der Waals surface area contributed by atoms with E-state index in [0.717, 1.165) is 11.1 Å². The van der Waals surface area contributed by atoms with Gasteiger partial charge in [0.05, 0.1) is 9.79 Å². The highest BCUT2D eigenvalue weighted by Gasteiger charge is 2.17. The van der Waals surface area contributed by atoms with Gasteiger partial charge >= 0.3 is 0 Å². The Bertz CT molecular complexity index is 866. The maximum Gasteiger partial charge on any atom is 0.206 e. The van der Waals surface area contributed by atoms with Crippen LogP contribution in [0.3, 0.4) is 0 Å². The summed E-state index contributed by atoms with van der Waals surface area (Å²) in [5, 5.41) is 9.26. The minimum Gasteiger partial charge on any atom is -0.508 e. The van der Waals surface area contributed by atoms with Crippen molar-refractivity contribution in [2.45, 2.75) is 9.79 Å². The lowest BCUT2D eigenvalue weighted by Gasteiger charge is -2.06. The molecule has 0 saturated heterocycles. The Labute approximate surface area is 129 Å². The van der Waals surface area contributed by atoms with Crippen LogP contribution in [-0.2, 0) is 9.84 Å². The standard InChI is InChI=1S/C18H14O3S/c19-16-8-12-18(13-9-16)22(20,21)17-10-6-15(7-11-17)14-4-2-1-3-5-14/h1-13,19H. The van der Waals surface area contributed by atoms with Gasteiger partial charge in [-0.1, -0.05) is 42.5 Å². The molecular formula is C18H14O3S. The van der Waals surface area contributed by atoms with E-state index >= 15 is 0 Å². The van der Waals surface area contributed by atoms with E-state index in [1.165, 1.54) is 24.3 Å². The Hall–Kier alpha value is -2.59. The first-order valence-corrected chi connectivity index (χ1v) is 8.25. The van der Waals surface area contributed by atoms with Crippen molar-refractivity contribution >= 4 is 9.84 Å². The van der Waals surface area contributed by atoms with Crippen LogP contribution in [0, 0.1) is 0 Å². The summed E-state index contributed by atoms with van der Waals surface area (Å²) in [6, 6.07) is 22.1. The van der Waals surface area contributed by atoms with Crippen molar-refractivity contribution in [2.24, 2.45) is 0 Å². The Morgan fingerprint density at radius 3 is 1.59 bits per heavy atom. The molecule has 0 atom stereocenters. The van der Waals surface area contributed by atoms with Gasteiger partial charge in [0.1, 0.15) is 5.75 Å². The Balaban J connectivity index is 1.97. The van der Waals surface area contributed by atoms with Gasteiger partial charge in [-0.25, -0.2) is 8.42 Å². The van der Waals surface area contributed by atoms with Crippen LogP contribution in [0.2, 0.25) is 0 Å².